The topological polar surface area (TPSA) is 72.3 Å². The van der Waals surface area contributed by atoms with Crippen LogP contribution in [-0.2, 0) is 27.6 Å². The number of nitrogens with zero attached hydrogens (tertiary/aromatic N) is 3. The summed E-state index contributed by atoms with van der Waals surface area (Å²) in [6, 6.07) is -0.144. The minimum atomic E-state index is -2.96. The highest BCUT2D eigenvalue weighted by Gasteiger charge is 2.37. The lowest BCUT2D eigenvalue weighted by atomic mass is 9.95. The van der Waals surface area contributed by atoms with Gasteiger partial charge in [-0.3, -0.25) is 4.79 Å². The van der Waals surface area contributed by atoms with Gasteiger partial charge in [0.25, 0.3) is 0 Å². The molecule has 0 N–H and O–H groups in total. The predicted molar refractivity (Wildman–Crippen MR) is 78.5 cm³/mol. The highest BCUT2D eigenvalue weighted by atomic mass is 32.2. The van der Waals surface area contributed by atoms with E-state index in [0.29, 0.717) is 19.4 Å². The molecule has 0 saturated carbocycles. The molecule has 1 fully saturated rings. The maximum absolute atomic E-state index is 12.8. The molecular formula is C14H21N3O3S. The molecule has 2 aliphatic heterocycles. The summed E-state index contributed by atoms with van der Waals surface area (Å²) in [6.45, 7) is 3.31. The van der Waals surface area contributed by atoms with E-state index in [9.17, 15) is 13.2 Å². The van der Waals surface area contributed by atoms with Crippen LogP contribution in [0.5, 0.6) is 0 Å². The number of amides is 1. The smallest absolute Gasteiger partial charge is 0.226 e. The van der Waals surface area contributed by atoms with E-state index in [0.717, 1.165) is 18.8 Å². The third-order valence-electron chi connectivity index (χ3n) is 4.57. The van der Waals surface area contributed by atoms with Gasteiger partial charge in [0.15, 0.2) is 9.84 Å². The molecule has 2 aliphatic rings. The Labute approximate surface area is 125 Å². The van der Waals surface area contributed by atoms with Crippen LogP contribution in [0.1, 0.15) is 25.6 Å². The molecule has 6 nitrogen and oxygen atoms in total. The molecule has 116 valence electrons. The Morgan fingerprint density at radius 3 is 2.95 bits per heavy atom. The Balaban J connectivity index is 1.72. The number of sulfone groups is 1. The molecular weight excluding hydrogens is 290 g/mol. The van der Waals surface area contributed by atoms with Crippen molar-refractivity contribution >= 4 is 15.7 Å². The van der Waals surface area contributed by atoms with Crippen molar-refractivity contribution in [3.05, 3.63) is 18.2 Å². The molecule has 1 aromatic rings. The van der Waals surface area contributed by atoms with Gasteiger partial charge in [0.05, 0.1) is 11.5 Å². The molecule has 3 heterocycles. The molecule has 3 rings (SSSR count). The molecule has 21 heavy (non-hydrogen) atoms. The Hall–Kier alpha value is -1.37. The largest absolute Gasteiger partial charge is 0.339 e. The van der Waals surface area contributed by atoms with E-state index in [-0.39, 0.29) is 29.4 Å². The first-order valence-electron chi connectivity index (χ1n) is 7.51. The number of hydrogen-bond donors (Lipinski definition) is 0. The summed E-state index contributed by atoms with van der Waals surface area (Å²) < 4.78 is 25.4. The van der Waals surface area contributed by atoms with Crippen LogP contribution in [0.25, 0.3) is 0 Å². The molecule has 1 amide bonds. The number of fused-ring (bicyclic) bond motifs is 1. The fraction of sp³-hybridized carbons (Fsp3) is 0.714. The number of carbonyl (C=O) groups is 1. The first-order valence-corrected chi connectivity index (χ1v) is 9.33. The Kier molecular flexibility index (Phi) is 3.77. The summed E-state index contributed by atoms with van der Waals surface area (Å²) in [6.07, 6.45) is 5.74. The van der Waals surface area contributed by atoms with Gasteiger partial charge in [-0.25, -0.2) is 13.4 Å². The van der Waals surface area contributed by atoms with Gasteiger partial charge in [-0.1, -0.05) is 0 Å². The van der Waals surface area contributed by atoms with Gasteiger partial charge < -0.3 is 9.47 Å². The second kappa shape index (κ2) is 5.44. The van der Waals surface area contributed by atoms with Crippen LogP contribution in [0.15, 0.2) is 12.4 Å². The summed E-state index contributed by atoms with van der Waals surface area (Å²) in [4.78, 5) is 18.8. The second-order valence-electron chi connectivity index (χ2n) is 5.91. The van der Waals surface area contributed by atoms with E-state index >= 15 is 0 Å². The zero-order valence-electron chi connectivity index (χ0n) is 12.2. The van der Waals surface area contributed by atoms with Crippen molar-refractivity contribution < 1.29 is 13.2 Å². The van der Waals surface area contributed by atoms with Gasteiger partial charge in [0, 0.05) is 43.9 Å². The van der Waals surface area contributed by atoms with Gasteiger partial charge in [0.1, 0.15) is 5.82 Å². The van der Waals surface area contributed by atoms with Crippen molar-refractivity contribution in [1.82, 2.24) is 14.5 Å². The van der Waals surface area contributed by atoms with Crippen molar-refractivity contribution in [2.24, 2.45) is 5.92 Å². The van der Waals surface area contributed by atoms with Crippen molar-refractivity contribution in [2.45, 2.75) is 38.8 Å². The Morgan fingerprint density at radius 1 is 1.48 bits per heavy atom. The van der Waals surface area contributed by atoms with E-state index in [1.807, 2.05) is 13.1 Å². The van der Waals surface area contributed by atoms with E-state index < -0.39 is 9.84 Å². The van der Waals surface area contributed by atoms with Crippen molar-refractivity contribution in [1.29, 1.82) is 0 Å². The summed E-state index contributed by atoms with van der Waals surface area (Å²) in [7, 11) is -2.96. The maximum Gasteiger partial charge on any atom is 0.226 e. The fourth-order valence-corrected chi connectivity index (χ4v) is 5.14. The van der Waals surface area contributed by atoms with Crippen molar-refractivity contribution in [3.8, 4) is 0 Å². The van der Waals surface area contributed by atoms with E-state index in [1.165, 1.54) is 0 Å². The number of imidazole rings is 1. The molecule has 0 bridgehead atoms. The molecule has 2 unspecified atom stereocenters. The quantitative estimate of drug-likeness (QED) is 0.814. The average Bonchev–Trinajstić information content (AvgIpc) is 3.05. The molecule has 7 heteroatoms. The van der Waals surface area contributed by atoms with E-state index in [2.05, 4.69) is 9.55 Å². The van der Waals surface area contributed by atoms with Crippen LogP contribution in [0.4, 0.5) is 0 Å². The zero-order chi connectivity index (χ0) is 15.0. The molecule has 1 saturated heterocycles. The fourth-order valence-electron chi connectivity index (χ4n) is 3.41. The molecule has 0 aromatic carbocycles. The molecule has 0 aliphatic carbocycles. The first-order chi connectivity index (χ1) is 10.00. The van der Waals surface area contributed by atoms with Crippen LogP contribution >= 0.6 is 0 Å². The maximum atomic E-state index is 12.8. The normalized spacial score (nSPS) is 27.3. The summed E-state index contributed by atoms with van der Waals surface area (Å²) in [5.74, 6) is 1.30. The van der Waals surface area contributed by atoms with Gasteiger partial charge in [-0.2, -0.15) is 0 Å². The number of aromatic nitrogens is 2. The molecule has 0 spiro atoms. The minimum Gasteiger partial charge on any atom is -0.339 e. The number of carbonyl (C=O) groups excluding carboxylic acids is 1. The van der Waals surface area contributed by atoms with Crippen LogP contribution in [-0.4, -0.2) is 52.9 Å². The third kappa shape index (κ3) is 2.84. The van der Waals surface area contributed by atoms with Gasteiger partial charge in [0.2, 0.25) is 5.91 Å². The lowest BCUT2D eigenvalue weighted by Crippen LogP contribution is -2.45. The monoisotopic (exact) mass is 311 g/mol. The van der Waals surface area contributed by atoms with Crippen molar-refractivity contribution in [3.63, 3.8) is 0 Å². The summed E-state index contributed by atoms with van der Waals surface area (Å²) in [5, 5.41) is 0. The van der Waals surface area contributed by atoms with Gasteiger partial charge in [-0.15, -0.1) is 0 Å². The Morgan fingerprint density at radius 2 is 2.29 bits per heavy atom. The standard InChI is InChI=1S/C14H21N3O3S/c1-2-17(12-4-8-21(19,20)10-12)14(18)11-3-6-16-7-5-15-13(16)9-11/h5,7,11-12H,2-4,6,8-10H2,1H3. The molecule has 2 atom stereocenters. The lowest BCUT2D eigenvalue weighted by Gasteiger charge is -2.32. The van der Waals surface area contributed by atoms with E-state index in [1.54, 1.807) is 11.1 Å². The van der Waals surface area contributed by atoms with Crippen LogP contribution < -0.4 is 0 Å². The predicted octanol–water partition coefficient (Wildman–Crippen LogP) is 0.481. The van der Waals surface area contributed by atoms with Gasteiger partial charge in [-0.05, 0) is 19.8 Å². The summed E-state index contributed by atoms with van der Waals surface area (Å²) >= 11 is 0. The lowest BCUT2D eigenvalue weighted by molar-refractivity contribution is -0.137. The Bertz CT molecular complexity index is 638. The number of hydrogen-bond acceptors (Lipinski definition) is 4. The summed E-state index contributed by atoms with van der Waals surface area (Å²) in [5.41, 5.74) is 0. The molecule has 0 radical (unpaired) electrons. The highest BCUT2D eigenvalue weighted by molar-refractivity contribution is 7.91. The van der Waals surface area contributed by atoms with Crippen LogP contribution in [0, 0.1) is 5.92 Å². The second-order valence-corrected chi connectivity index (χ2v) is 8.14. The average molecular weight is 311 g/mol. The zero-order valence-corrected chi connectivity index (χ0v) is 13.1. The molecule has 1 aromatic heterocycles. The SMILES string of the molecule is CCN(C(=O)C1CCn2ccnc2C1)C1CCS(=O)(=O)C1. The van der Waals surface area contributed by atoms with Crippen LogP contribution in [0.3, 0.4) is 0 Å². The van der Waals surface area contributed by atoms with Crippen LogP contribution in [0.2, 0.25) is 0 Å². The van der Waals surface area contributed by atoms with Crippen molar-refractivity contribution in [2.75, 3.05) is 18.1 Å². The first kappa shape index (κ1) is 14.6. The highest BCUT2D eigenvalue weighted by Crippen LogP contribution is 2.25. The van der Waals surface area contributed by atoms with E-state index in [4.69, 9.17) is 0 Å². The van der Waals surface area contributed by atoms with Gasteiger partial charge >= 0.3 is 0 Å². The minimum absolute atomic E-state index is 0.0665. The number of aryl methyl sites for hydroxylation is 1. The third-order valence-corrected chi connectivity index (χ3v) is 6.32. The number of rotatable bonds is 3.